The lowest BCUT2D eigenvalue weighted by Crippen LogP contribution is -2.15. The Morgan fingerprint density at radius 3 is 2.38 bits per heavy atom. The predicted octanol–water partition coefficient (Wildman–Crippen LogP) is 5.27. The van der Waals surface area contributed by atoms with E-state index in [9.17, 15) is 27.1 Å². The maximum absolute atomic E-state index is 13.7. The van der Waals surface area contributed by atoms with Crippen molar-refractivity contribution in [1.82, 2.24) is 4.98 Å². The van der Waals surface area contributed by atoms with Gasteiger partial charge in [-0.3, -0.25) is 4.72 Å². The molecule has 0 spiro atoms. The standard InChI is InChI=1S/C22H20F2N2O4S2/c1-13(2)16-8-7-15(10-17(16)22(27)28)32(29,30)26-14-6-9-21(25-11-14)31-12-18-19(23)4-3-5-20(18)24/h3-11,13,26H,12H2,1-2H3,(H,27,28). The molecule has 32 heavy (non-hydrogen) atoms. The fourth-order valence-corrected chi connectivity index (χ4v) is 4.88. The Morgan fingerprint density at radius 2 is 1.81 bits per heavy atom. The summed E-state index contributed by atoms with van der Waals surface area (Å²) in [5, 5.41) is 9.87. The van der Waals surface area contributed by atoms with Gasteiger partial charge < -0.3 is 5.11 Å². The molecule has 1 aromatic heterocycles. The van der Waals surface area contributed by atoms with Gasteiger partial charge in [0.15, 0.2) is 0 Å². The Balaban J connectivity index is 1.74. The highest BCUT2D eigenvalue weighted by molar-refractivity contribution is 7.98. The first kappa shape index (κ1) is 23.7. The van der Waals surface area contributed by atoms with Crippen LogP contribution >= 0.6 is 11.8 Å². The first-order valence-corrected chi connectivity index (χ1v) is 12.0. The molecular formula is C22H20F2N2O4S2. The van der Waals surface area contributed by atoms with Crippen LogP contribution in [0.2, 0.25) is 0 Å². The van der Waals surface area contributed by atoms with Crippen LogP contribution in [0.3, 0.4) is 0 Å². The van der Waals surface area contributed by atoms with Crippen molar-refractivity contribution in [3.05, 3.63) is 83.1 Å². The van der Waals surface area contributed by atoms with Crippen molar-refractivity contribution in [2.75, 3.05) is 4.72 Å². The number of pyridine rings is 1. The maximum Gasteiger partial charge on any atom is 0.336 e. The van der Waals surface area contributed by atoms with Crippen LogP contribution in [0.1, 0.15) is 41.3 Å². The molecule has 0 aliphatic carbocycles. The molecule has 0 radical (unpaired) electrons. The van der Waals surface area contributed by atoms with E-state index in [0.29, 0.717) is 10.6 Å². The van der Waals surface area contributed by atoms with E-state index < -0.39 is 27.6 Å². The van der Waals surface area contributed by atoms with Crippen LogP contribution in [-0.4, -0.2) is 24.5 Å². The summed E-state index contributed by atoms with van der Waals surface area (Å²) in [6.45, 7) is 3.64. The minimum Gasteiger partial charge on any atom is -0.478 e. The number of benzene rings is 2. The van der Waals surface area contributed by atoms with Gasteiger partial charge in [-0.2, -0.15) is 0 Å². The summed E-state index contributed by atoms with van der Waals surface area (Å²) in [7, 11) is -4.05. The molecule has 0 saturated carbocycles. The predicted molar refractivity (Wildman–Crippen MR) is 118 cm³/mol. The molecule has 3 rings (SSSR count). The summed E-state index contributed by atoms with van der Waals surface area (Å²) in [5.41, 5.74) is 0.554. The number of hydrogen-bond acceptors (Lipinski definition) is 5. The van der Waals surface area contributed by atoms with Crippen molar-refractivity contribution in [2.24, 2.45) is 0 Å². The number of anilines is 1. The molecule has 0 aliphatic rings. The van der Waals surface area contributed by atoms with Gasteiger partial charge in [0.25, 0.3) is 10.0 Å². The fraction of sp³-hybridized carbons (Fsp3) is 0.182. The molecule has 1 heterocycles. The van der Waals surface area contributed by atoms with Crippen molar-refractivity contribution in [1.29, 1.82) is 0 Å². The van der Waals surface area contributed by atoms with Crippen LogP contribution in [0, 0.1) is 11.6 Å². The van der Waals surface area contributed by atoms with E-state index in [2.05, 4.69) is 9.71 Å². The van der Waals surface area contributed by atoms with Crippen LogP contribution in [0.25, 0.3) is 0 Å². The highest BCUT2D eigenvalue weighted by atomic mass is 32.2. The third-order valence-electron chi connectivity index (χ3n) is 4.60. The molecule has 168 valence electrons. The normalized spacial score (nSPS) is 11.5. The maximum atomic E-state index is 13.7. The molecule has 3 aromatic rings. The lowest BCUT2D eigenvalue weighted by Gasteiger charge is -2.13. The van der Waals surface area contributed by atoms with Gasteiger partial charge in [0.1, 0.15) is 11.6 Å². The second-order valence-corrected chi connectivity index (χ2v) is 9.87. The SMILES string of the molecule is CC(C)c1ccc(S(=O)(=O)Nc2ccc(SCc3c(F)cccc3F)nc2)cc1C(=O)O. The number of nitrogens with zero attached hydrogens (tertiary/aromatic N) is 1. The summed E-state index contributed by atoms with van der Waals surface area (Å²) < 4.78 is 55.2. The zero-order valence-electron chi connectivity index (χ0n) is 17.2. The monoisotopic (exact) mass is 478 g/mol. The molecule has 0 aliphatic heterocycles. The van der Waals surface area contributed by atoms with E-state index in [1.807, 2.05) is 13.8 Å². The molecule has 0 saturated heterocycles. The summed E-state index contributed by atoms with van der Waals surface area (Å²) >= 11 is 1.10. The van der Waals surface area contributed by atoms with Gasteiger partial charge in [-0.15, -0.1) is 11.8 Å². The van der Waals surface area contributed by atoms with E-state index in [1.54, 1.807) is 0 Å². The highest BCUT2D eigenvalue weighted by Gasteiger charge is 2.20. The molecule has 0 amide bonds. The Hall–Kier alpha value is -2.98. The molecule has 6 nitrogen and oxygen atoms in total. The van der Waals surface area contributed by atoms with Gasteiger partial charge in [-0.1, -0.05) is 26.0 Å². The number of aromatic nitrogens is 1. The van der Waals surface area contributed by atoms with Crippen molar-refractivity contribution >= 4 is 33.4 Å². The molecule has 0 bridgehead atoms. The largest absolute Gasteiger partial charge is 0.478 e. The Kier molecular flexibility index (Phi) is 7.15. The highest BCUT2D eigenvalue weighted by Crippen LogP contribution is 2.27. The number of rotatable bonds is 8. The average molecular weight is 479 g/mol. The van der Waals surface area contributed by atoms with Gasteiger partial charge in [0.05, 0.1) is 27.4 Å². The first-order valence-electron chi connectivity index (χ1n) is 9.50. The van der Waals surface area contributed by atoms with Gasteiger partial charge in [-0.25, -0.2) is 27.0 Å². The third kappa shape index (κ3) is 5.43. The summed E-state index contributed by atoms with van der Waals surface area (Å²) in [4.78, 5) is 15.5. The van der Waals surface area contributed by atoms with Crippen molar-refractivity contribution in [3.63, 3.8) is 0 Å². The number of nitrogens with one attached hydrogen (secondary N) is 1. The summed E-state index contributed by atoms with van der Waals surface area (Å²) in [6.07, 6.45) is 1.28. The van der Waals surface area contributed by atoms with Crippen molar-refractivity contribution in [2.45, 2.75) is 35.4 Å². The number of carbonyl (C=O) groups is 1. The van der Waals surface area contributed by atoms with Crippen LogP contribution in [0.4, 0.5) is 14.5 Å². The number of thioether (sulfide) groups is 1. The summed E-state index contributed by atoms with van der Waals surface area (Å²) in [6, 6.07) is 10.6. The zero-order chi connectivity index (χ0) is 23.5. The van der Waals surface area contributed by atoms with Gasteiger partial charge >= 0.3 is 5.97 Å². The molecular weight excluding hydrogens is 458 g/mol. The number of carboxylic acid groups (broad SMARTS) is 1. The second-order valence-electron chi connectivity index (χ2n) is 7.19. The number of sulfonamides is 1. The van der Waals surface area contributed by atoms with Crippen molar-refractivity contribution in [3.8, 4) is 0 Å². The molecule has 0 unspecified atom stereocenters. The molecule has 0 atom stereocenters. The third-order valence-corrected chi connectivity index (χ3v) is 6.95. The molecule has 2 aromatic carbocycles. The van der Waals surface area contributed by atoms with Crippen LogP contribution in [-0.2, 0) is 15.8 Å². The van der Waals surface area contributed by atoms with E-state index in [-0.39, 0.29) is 33.4 Å². The zero-order valence-corrected chi connectivity index (χ0v) is 18.8. The lowest BCUT2D eigenvalue weighted by molar-refractivity contribution is 0.0695. The minimum atomic E-state index is -4.05. The van der Waals surface area contributed by atoms with Crippen LogP contribution < -0.4 is 4.72 Å². The number of halogens is 2. The number of aromatic carboxylic acids is 1. The molecule has 10 heteroatoms. The quantitative estimate of drug-likeness (QED) is 0.428. The number of carboxylic acids is 1. The van der Waals surface area contributed by atoms with E-state index in [0.717, 1.165) is 17.8 Å². The Bertz CT molecular complexity index is 1230. The lowest BCUT2D eigenvalue weighted by atomic mass is 9.97. The molecule has 2 N–H and O–H groups in total. The second kappa shape index (κ2) is 9.66. The Morgan fingerprint density at radius 1 is 1.12 bits per heavy atom. The van der Waals surface area contributed by atoms with E-state index >= 15 is 0 Å². The van der Waals surface area contributed by atoms with Crippen LogP contribution in [0.15, 0.2) is 64.6 Å². The Labute approximate surface area is 188 Å². The van der Waals surface area contributed by atoms with E-state index in [1.165, 1.54) is 48.7 Å². The van der Waals surface area contributed by atoms with Crippen molar-refractivity contribution < 1.29 is 27.1 Å². The van der Waals surface area contributed by atoms with Gasteiger partial charge in [0.2, 0.25) is 0 Å². The minimum absolute atomic E-state index is 0.0245. The summed E-state index contributed by atoms with van der Waals surface area (Å²) in [5.74, 6) is -2.56. The molecule has 0 fully saturated rings. The average Bonchev–Trinajstić information content (AvgIpc) is 2.73. The van der Waals surface area contributed by atoms with Gasteiger partial charge in [-0.05, 0) is 47.9 Å². The van der Waals surface area contributed by atoms with Crippen LogP contribution in [0.5, 0.6) is 0 Å². The van der Waals surface area contributed by atoms with Gasteiger partial charge in [0, 0.05) is 11.3 Å². The first-order chi connectivity index (χ1) is 15.1. The fourth-order valence-electron chi connectivity index (χ4n) is 2.95. The number of hydrogen-bond donors (Lipinski definition) is 2. The van der Waals surface area contributed by atoms with E-state index in [4.69, 9.17) is 0 Å². The smallest absolute Gasteiger partial charge is 0.336 e. The topological polar surface area (TPSA) is 96.4 Å².